The lowest BCUT2D eigenvalue weighted by Gasteiger charge is -2.06. The molecule has 0 N–H and O–H groups in total. The number of halogens is 1. The monoisotopic (exact) mass is 349 g/mol. The van der Waals surface area contributed by atoms with Gasteiger partial charge in [0.1, 0.15) is 9.39 Å². The molecule has 18 heavy (non-hydrogen) atoms. The Morgan fingerprint density at radius 3 is 2.56 bits per heavy atom. The molecule has 0 bridgehead atoms. The standard InChI is InChI=1S/C14H12IN3/c15-14-13(12-8-2-1-3-9-12)16-17-18(14)10-11-6-4-5-7-11/h1-9,11H,10H2. The zero-order chi connectivity index (χ0) is 12.4. The Morgan fingerprint density at radius 1 is 1.11 bits per heavy atom. The fraction of sp³-hybridized carbons (Fsp3) is 0.143. The quantitative estimate of drug-likeness (QED) is 0.797. The van der Waals surface area contributed by atoms with Crippen LogP contribution >= 0.6 is 22.6 Å². The van der Waals surface area contributed by atoms with Crippen LogP contribution in [0.4, 0.5) is 0 Å². The second-order valence-electron chi connectivity index (χ2n) is 4.21. The second kappa shape index (κ2) is 5.06. The fourth-order valence-corrected chi connectivity index (χ4v) is 2.70. The molecule has 4 heteroatoms. The van der Waals surface area contributed by atoms with Crippen molar-refractivity contribution in [2.24, 2.45) is 5.92 Å². The van der Waals surface area contributed by atoms with Gasteiger partial charge in [-0.1, -0.05) is 59.8 Å². The second-order valence-corrected chi connectivity index (χ2v) is 5.23. The van der Waals surface area contributed by atoms with Gasteiger partial charge in [0.25, 0.3) is 0 Å². The van der Waals surface area contributed by atoms with Crippen molar-refractivity contribution in [3.63, 3.8) is 0 Å². The fourth-order valence-electron chi connectivity index (χ4n) is 1.99. The van der Waals surface area contributed by atoms with Crippen LogP contribution in [0.15, 0.2) is 54.6 Å². The largest absolute Gasteiger partial charge is 0.238 e. The van der Waals surface area contributed by atoms with Crippen molar-refractivity contribution in [1.82, 2.24) is 15.0 Å². The minimum atomic E-state index is 0.434. The van der Waals surface area contributed by atoms with Gasteiger partial charge in [-0.3, -0.25) is 0 Å². The molecule has 0 aliphatic heterocycles. The van der Waals surface area contributed by atoms with Crippen LogP contribution in [0, 0.1) is 9.62 Å². The van der Waals surface area contributed by atoms with Crippen molar-refractivity contribution in [3.05, 3.63) is 58.3 Å². The van der Waals surface area contributed by atoms with E-state index in [-0.39, 0.29) is 0 Å². The third-order valence-electron chi connectivity index (χ3n) is 2.93. The van der Waals surface area contributed by atoms with Crippen LogP contribution in [-0.2, 0) is 6.54 Å². The topological polar surface area (TPSA) is 30.7 Å². The summed E-state index contributed by atoms with van der Waals surface area (Å²) in [7, 11) is 0. The summed E-state index contributed by atoms with van der Waals surface area (Å²) in [5.74, 6) is 0.434. The first-order chi connectivity index (χ1) is 8.84. The molecule has 90 valence electrons. The highest BCUT2D eigenvalue weighted by Gasteiger charge is 2.14. The maximum Gasteiger partial charge on any atom is 0.127 e. The molecule has 3 rings (SSSR count). The van der Waals surface area contributed by atoms with E-state index in [1.54, 1.807) is 0 Å². The first-order valence-corrected chi connectivity index (χ1v) is 6.92. The van der Waals surface area contributed by atoms with Crippen LogP contribution in [0.25, 0.3) is 11.3 Å². The summed E-state index contributed by atoms with van der Waals surface area (Å²) in [6.45, 7) is 0.852. The van der Waals surface area contributed by atoms with Crippen molar-refractivity contribution in [1.29, 1.82) is 0 Å². The minimum absolute atomic E-state index is 0.434. The molecule has 0 atom stereocenters. The Morgan fingerprint density at radius 2 is 1.83 bits per heavy atom. The van der Waals surface area contributed by atoms with Crippen LogP contribution in [-0.4, -0.2) is 15.0 Å². The average Bonchev–Trinajstić information content (AvgIpc) is 3.03. The van der Waals surface area contributed by atoms with Gasteiger partial charge in [0.15, 0.2) is 0 Å². The first kappa shape index (κ1) is 11.6. The molecule has 0 saturated carbocycles. The third-order valence-corrected chi connectivity index (χ3v) is 4.00. The van der Waals surface area contributed by atoms with Crippen molar-refractivity contribution >= 4 is 22.6 Å². The average molecular weight is 349 g/mol. The maximum atomic E-state index is 4.29. The normalized spacial score (nSPS) is 14.5. The Kier molecular flexibility index (Phi) is 3.27. The summed E-state index contributed by atoms with van der Waals surface area (Å²) in [5, 5.41) is 8.53. The van der Waals surface area contributed by atoms with Crippen LogP contribution < -0.4 is 0 Å². The van der Waals surface area contributed by atoms with Crippen molar-refractivity contribution in [2.75, 3.05) is 0 Å². The van der Waals surface area contributed by atoms with E-state index in [2.05, 4.69) is 69.3 Å². The molecule has 0 unspecified atom stereocenters. The molecule has 1 aliphatic carbocycles. The third kappa shape index (κ3) is 2.25. The van der Waals surface area contributed by atoms with Gasteiger partial charge in [0, 0.05) is 11.5 Å². The van der Waals surface area contributed by atoms with Gasteiger partial charge in [0.2, 0.25) is 0 Å². The smallest absolute Gasteiger partial charge is 0.127 e. The van der Waals surface area contributed by atoms with E-state index in [0.29, 0.717) is 5.92 Å². The minimum Gasteiger partial charge on any atom is -0.238 e. The zero-order valence-electron chi connectivity index (χ0n) is 9.70. The molecular weight excluding hydrogens is 337 g/mol. The predicted octanol–water partition coefficient (Wildman–Crippen LogP) is 3.29. The molecule has 1 heterocycles. The number of hydrogen-bond acceptors (Lipinski definition) is 2. The van der Waals surface area contributed by atoms with Crippen molar-refractivity contribution in [2.45, 2.75) is 6.54 Å². The highest BCUT2D eigenvalue weighted by Crippen LogP contribution is 2.23. The molecule has 0 radical (unpaired) electrons. The summed E-state index contributed by atoms with van der Waals surface area (Å²) >= 11 is 2.32. The van der Waals surface area contributed by atoms with Gasteiger partial charge in [-0.05, 0) is 22.6 Å². The Balaban J connectivity index is 1.88. The molecule has 0 spiro atoms. The highest BCUT2D eigenvalue weighted by atomic mass is 127. The zero-order valence-corrected chi connectivity index (χ0v) is 11.9. The lowest BCUT2D eigenvalue weighted by atomic mass is 10.1. The molecular formula is C14H12IN3. The molecule has 2 aromatic rings. The van der Waals surface area contributed by atoms with Gasteiger partial charge < -0.3 is 0 Å². The maximum absolute atomic E-state index is 4.29. The number of nitrogens with zero attached hydrogens (tertiary/aromatic N) is 3. The van der Waals surface area contributed by atoms with Gasteiger partial charge in [0.05, 0.1) is 6.54 Å². The summed E-state index contributed by atoms with van der Waals surface area (Å²) in [6.07, 6.45) is 8.51. The Hall–Kier alpha value is -1.43. The first-order valence-electron chi connectivity index (χ1n) is 5.84. The molecule has 1 aromatic carbocycles. The van der Waals surface area contributed by atoms with Crippen molar-refractivity contribution < 1.29 is 0 Å². The lowest BCUT2D eigenvalue weighted by molar-refractivity contribution is 0.529. The number of allylic oxidation sites excluding steroid dienone is 4. The predicted molar refractivity (Wildman–Crippen MR) is 79.9 cm³/mol. The van der Waals surface area contributed by atoms with Crippen LogP contribution in [0.2, 0.25) is 0 Å². The Labute approximate surface area is 119 Å². The van der Waals surface area contributed by atoms with E-state index in [1.807, 2.05) is 22.9 Å². The van der Waals surface area contributed by atoms with Crippen LogP contribution in [0.5, 0.6) is 0 Å². The van der Waals surface area contributed by atoms with Gasteiger partial charge in [-0.15, -0.1) is 5.10 Å². The van der Waals surface area contributed by atoms with E-state index in [4.69, 9.17) is 0 Å². The SMILES string of the molecule is Ic1c(-c2ccccc2)nnn1CC1C=CC=C1. The molecule has 1 aliphatic rings. The van der Waals surface area contributed by atoms with Crippen LogP contribution in [0.3, 0.4) is 0 Å². The lowest BCUT2D eigenvalue weighted by Crippen LogP contribution is -2.08. The van der Waals surface area contributed by atoms with Gasteiger partial charge in [-0.2, -0.15) is 0 Å². The molecule has 3 nitrogen and oxygen atoms in total. The van der Waals surface area contributed by atoms with Gasteiger partial charge in [-0.25, -0.2) is 4.68 Å². The number of aromatic nitrogens is 3. The van der Waals surface area contributed by atoms with E-state index < -0.39 is 0 Å². The Bertz CT molecular complexity index is 587. The van der Waals surface area contributed by atoms with E-state index >= 15 is 0 Å². The number of hydrogen-bond donors (Lipinski definition) is 0. The van der Waals surface area contributed by atoms with E-state index in [0.717, 1.165) is 21.5 Å². The molecule has 0 fully saturated rings. The number of benzene rings is 1. The van der Waals surface area contributed by atoms with E-state index in [1.165, 1.54) is 0 Å². The summed E-state index contributed by atoms with van der Waals surface area (Å²) < 4.78 is 3.06. The summed E-state index contributed by atoms with van der Waals surface area (Å²) in [6, 6.07) is 10.2. The molecule has 0 saturated heterocycles. The number of rotatable bonds is 3. The molecule has 0 amide bonds. The summed E-state index contributed by atoms with van der Waals surface area (Å²) in [4.78, 5) is 0. The summed E-state index contributed by atoms with van der Waals surface area (Å²) in [5.41, 5.74) is 2.08. The van der Waals surface area contributed by atoms with Crippen LogP contribution in [0.1, 0.15) is 0 Å². The van der Waals surface area contributed by atoms with Crippen molar-refractivity contribution in [3.8, 4) is 11.3 Å². The van der Waals surface area contributed by atoms with E-state index in [9.17, 15) is 0 Å². The van der Waals surface area contributed by atoms with Gasteiger partial charge >= 0.3 is 0 Å². The highest BCUT2D eigenvalue weighted by molar-refractivity contribution is 14.1. The molecule has 1 aromatic heterocycles.